The van der Waals surface area contributed by atoms with Gasteiger partial charge in [-0.3, -0.25) is 14.9 Å². The summed E-state index contributed by atoms with van der Waals surface area (Å²) in [5.74, 6) is 2.22. The summed E-state index contributed by atoms with van der Waals surface area (Å²) in [5, 5.41) is 10.9. The quantitative estimate of drug-likeness (QED) is 0.656. The molecule has 4 heterocycles. The lowest BCUT2D eigenvalue weighted by molar-refractivity contribution is -0.129. The third-order valence-electron chi connectivity index (χ3n) is 5.97. The van der Waals surface area contributed by atoms with Crippen molar-refractivity contribution in [2.75, 3.05) is 30.9 Å². The lowest BCUT2D eigenvalue weighted by atomic mass is 10.2. The summed E-state index contributed by atoms with van der Waals surface area (Å²) < 4.78 is 0. The Labute approximate surface area is 180 Å². The normalized spacial score (nSPS) is 17.6. The Hall–Kier alpha value is -3.49. The maximum absolute atomic E-state index is 12.7. The van der Waals surface area contributed by atoms with E-state index >= 15 is 0 Å². The zero-order chi connectivity index (χ0) is 21.4. The summed E-state index contributed by atoms with van der Waals surface area (Å²) in [6.07, 6.45) is 8.24. The van der Waals surface area contributed by atoms with E-state index in [1.54, 1.807) is 31.4 Å². The van der Waals surface area contributed by atoms with Crippen LogP contribution in [0.25, 0.3) is 11.3 Å². The largest absolute Gasteiger partial charge is 0.347 e. The first-order chi connectivity index (χ1) is 15.1. The molecule has 0 radical (unpaired) electrons. The van der Waals surface area contributed by atoms with E-state index in [-0.39, 0.29) is 11.9 Å². The van der Waals surface area contributed by atoms with Crippen LogP contribution in [-0.2, 0) is 17.6 Å². The molecule has 31 heavy (non-hydrogen) atoms. The van der Waals surface area contributed by atoms with Crippen LogP contribution in [-0.4, -0.2) is 62.6 Å². The minimum atomic E-state index is -0.203. The first kappa shape index (κ1) is 19.5. The Morgan fingerprint density at radius 1 is 1.19 bits per heavy atom. The molecule has 9 nitrogen and oxygen atoms in total. The van der Waals surface area contributed by atoms with Gasteiger partial charge in [0.15, 0.2) is 5.82 Å². The zero-order valence-electron chi connectivity index (χ0n) is 17.8. The van der Waals surface area contributed by atoms with Gasteiger partial charge in [-0.05, 0) is 44.2 Å². The van der Waals surface area contributed by atoms with E-state index < -0.39 is 0 Å². The van der Waals surface area contributed by atoms with Crippen LogP contribution in [0.4, 0.5) is 17.6 Å². The number of H-pyrrole nitrogens is 1. The van der Waals surface area contributed by atoms with Gasteiger partial charge in [-0.15, -0.1) is 0 Å². The fourth-order valence-corrected chi connectivity index (χ4v) is 4.40. The number of rotatable bonds is 5. The number of pyridine rings is 1. The molecule has 9 heteroatoms. The van der Waals surface area contributed by atoms with Crippen molar-refractivity contribution in [3.63, 3.8) is 0 Å². The highest BCUT2D eigenvalue weighted by Gasteiger charge is 2.34. The number of carbonyl (C=O) groups is 1. The molecule has 1 aliphatic carbocycles. The van der Waals surface area contributed by atoms with E-state index in [1.165, 1.54) is 0 Å². The summed E-state index contributed by atoms with van der Waals surface area (Å²) in [4.78, 5) is 30.2. The molecule has 1 aliphatic heterocycles. The van der Waals surface area contributed by atoms with Crippen molar-refractivity contribution in [1.29, 1.82) is 0 Å². The third-order valence-corrected chi connectivity index (χ3v) is 5.97. The number of nitrogens with one attached hydrogen (secondary N) is 2. The van der Waals surface area contributed by atoms with Crippen molar-refractivity contribution in [3.8, 4) is 11.3 Å². The number of likely N-dealkylation sites (N-methyl/N-ethyl adjacent to an activating group) is 1. The third kappa shape index (κ3) is 3.71. The van der Waals surface area contributed by atoms with Gasteiger partial charge in [0.05, 0.1) is 11.4 Å². The van der Waals surface area contributed by atoms with Crippen molar-refractivity contribution in [1.82, 2.24) is 30.0 Å². The smallest absolute Gasteiger partial charge is 0.244 e. The number of aromatic nitrogens is 5. The molecule has 3 aromatic rings. The number of carbonyl (C=O) groups excluding carboxylic acids is 1. The number of hydrogen-bond donors (Lipinski definition) is 2. The van der Waals surface area contributed by atoms with Gasteiger partial charge in [0.25, 0.3) is 0 Å². The Kier molecular flexibility index (Phi) is 5.01. The van der Waals surface area contributed by atoms with Crippen LogP contribution >= 0.6 is 0 Å². The summed E-state index contributed by atoms with van der Waals surface area (Å²) >= 11 is 0. The van der Waals surface area contributed by atoms with Crippen LogP contribution in [0.2, 0.25) is 0 Å². The highest BCUT2D eigenvalue weighted by Crippen LogP contribution is 2.33. The lowest BCUT2D eigenvalue weighted by Crippen LogP contribution is -2.43. The molecule has 0 bridgehead atoms. The predicted molar refractivity (Wildman–Crippen MR) is 118 cm³/mol. The van der Waals surface area contributed by atoms with Gasteiger partial charge in [0.2, 0.25) is 11.9 Å². The van der Waals surface area contributed by atoms with Crippen molar-refractivity contribution in [3.05, 3.63) is 41.9 Å². The number of aromatic amines is 1. The highest BCUT2D eigenvalue weighted by molar-refractivity contribution is 5.85. The maximum Gasteiger partial charge on any atom is 0.244 e. The van der Waals surface area contributed by atoms with Crippen LogP contribution in [0, 0.1) is 0 Å². The van der Waals surface area contributed by atoms with Gasteiger partial charge in [-0.1, -0.05) is 0 Å². The minimum absolute atomic E-state index is 0.102. The Morgan fingerprint density at radius 3 is 2.84 bits per heavy atom. The molecular formula is C22H26N8O. The second-order valence-corrected chi connectivity index (χ2v) is 8.26. The van der Waals surface area contributed by atoms with Crippen molar-refractivity contribution < 1.29 is 4.79 Å². The van der Waals surface area contributed by atoms with E-state index in [0.29, 0.717) is 11.8 Å². The van der Waals surface area contributed by atoms with Gasteiger partial charge in [0, 0.05) is 50.2 Å². The standard InChI is InChI=1S/C22H26N8O/c1-29(2)21(31)18-7-4-12-30(18)22-24-16-6-3-5-15(16)20(26-22)25-19-13-17(27-28-19)14-8-10-23-11-9-14/h8-11,13,18H,3-7,12H2,1-2H3,(H2,24,25,26,27,28)/t18-/m0/s1. The molecule has 3 aromatic heterocycles. The van der Waals surface area contributed by atoms with E-state index in [0.717, 1.165) is 67.0 Å². The maximum atomic E-state index is 12.7. The molecule has 1 fully saturated rings. The Morgan fingerprint density at radius 2 is 2.03 bits per heavy atom. The van der Waals surface area contributed by atoms with Crippen LogP contribution in [0.5, 0.6) is 0 Å². The molecule has 2 N–H and O–H groups in total. The number of nitrogens with zero attached hydrogens (tertiary/aromatic N) is 6. The van der Waals surface area contributed by atoms with E-state index in [1.807, 2.05) is 18.2 Å². The zero-order valence-corrected chi connectivity index (χ0v) is 17.8. The van der Waals surface area contributed by atoms with Crippen LogP contribution in [0.1, 0.15) is 30.5 Å². The van der Waals surface area contributed by atoms with Crippen LogP contribution in [0.3, 0.4) is 0 Å². The number of fused-ring (bicyclic) bond motifs is 1. The summed E-state index contributed by atoms with van der Waals surface area (Å²) in [7, 11) is 3.60. The van der Waals surface area contributed by atoms with E-state index in [4.69, 9.17) is 9.97 Å². The molecule has 5 rings (SSSR count). The van der Waals surface area contributed by atoms with E-state index in [9.17, 15) is 4.79 Å². The molecule has 1 atom stereocenters. The van der Waals surface area contributed by atoms with Crippen LogP contribution in [0.15, 0.2) is 30.6 Å². The van der Waals surface area contributed by atoms with Gasteiger partial charge >= 0.3 is 0 Å². The molecule has 0 aromatic carbocycles. The predicted octanol–water partition coefficient (Wildman–Crippen LogP) is 2.55. The van der Waals surface area contributed by atoms with Gasteiger partial charge in [0.1, 0.15) is 11.9 Å². The van der Waals surface area contributed by atoms with E-state index in [2.05, 4.69) is 25.4 Å². The second-order valence-electron chi connectivity index (χ2n) is 8.26. The van der Waals surface area contributed by atoms with Crippen LogP contribution < -0.4 is 10.2 Å². The lowest BCUT2D eigenvalue weighted by Gasteiger charge is -2.27. The molecule has 1 amide bonds. The topological polar surface area (TPSA) is 103 Å². The van der Waals surface area contributed by atoms with Gasteiger partial charge in [-0.25, -0.2) is 4.98 Å². The fraction of sp³-hybridized carbons (Fsp3) is 0.409. The molecule has 2 aliphatic rings. The number of anilines is 3. The average Bonchev–Trinajstić information content (AvgIpc) is 3.53. The first-order valence-corrected chi connectivity index (χ1v) is 10.7. The second kappa shape index (κ2) is 7.98. The molecule has 0 spiro atoms. The first-order valence-electron chi connectivity index (χ1n) is 10.7. The average molecular weight is 419 g/mol. The molecular weight excluding hydrogens is 392 g/mol. The van der Waals surface area contributed by atoms with Crippen molar-refractivity contribution >= 4 is 23.5 Å². The summed E-state index contributed by atoms with van der Waals surface area (Å²) in [6, 6.07) is 5.64. The summed E-state index contributed by atoms with van der Waals surface area (Å²) in [6.45, 7) is 0.789. The Bertz CT molecular complexity index is 1090. The molecule has 160 valence electrons. The molecule has 0 saturated carbocycles. The SMILES string of the molecule is CN(C)C(=O)[C@@H]1CCCN1c1nc2c(c(Nc3cc(-c4ccncc4)[nH]n3)n1)CCC2. The summed E-state index contributed by atoms with van der Waals surface area (Å²) in [5.41, 5.74) is 4.14. The monoisotopic (exact) mass is 418 g/mol. The minimum Gasteiger partial charge on any atom is -0.347 e. The number of aryl methyl sites for hydroxylation is 1. The fourth-order valence-electron chi connectivity index (χ4n) is 4.40. The van der Waals surface area contributed by atoms with Gasteiger partial charge < -0.3 is 15.1 Å². The molecule has 1 saturated heterocycles. The number of hydrogen-bond acceptors (Lipinski definition) is 7. The molecule has 0 unspecified atom stereocenters. The highest BCUT2D eigenvalue weighted by atomic mass is 16.2. The Balaban J connectivity index is 1.45. The number of amides is 1. The van der Waals surface area contributed by atoms with Crippen molar-refractivity contribution in [2.45, 2.75) is 38.1 Å². The van der Waals surface area contributed by atoms with Gasteiger partial charge in [-0.2, -0.15) is 10.1 Å². The van der Waals surface area contributed by atoms with Crippen molar-refractivity contribution in [2.24, 2.45) is 0 Å².